The highest BCUT2D eigenvalue weighted by Gasteiger charge is 2.29. The third-order valence-corrected chi connectivity index (χ3v) is 5.92. The smallest absolute Gasteiger partial charge is 0.264 e. The number of carbonyl (C=O) groups is 1. The number of rotatable bonds is 12. The van der Waals surface area contributed by atoms with Gasteiger partial charge in [-0.1, -0.05) is 41.4 Å². The molecular formula is C23H29Cl2NO6S. The van der Waals surface area contributed by atoms with Crippen molar-refractivity contribution in [2.75, 3.05) is 26.0 Å². The van der Waals surface area contributed by atoms with Gasteiger partial charge in [0.2, 0.25) is 5.91 Å². The molecule has 0 aliphatic carbocycles. The molecule has 0 bridgehead atoms. The second-order valence-electron chi connectivity index (χ2n) is 8.00. The zero-order valence-electron chi connectivity index (χ0n) is 19.1. The van der Waals surface area contributed by atoms with E-state index in [0.29, 0.717) is 21.4 Å². The molecule has 0 aromatic heterocycles. The zero-order chi connectivity index (χ0) is 24.6. The van der Waals surface area contributed by atoms with Gasteiger partial charge < -0.3 is 14.8 Å². The van der Waals surface area contributed by atoms with Crippen LogP contribution >= 0.6 is 23.2 Å². The standard InChI is InChI=1S/C23H29Cl2NO6S/c1-16(2)32-19-7-5-6-17(12-19)13-22(27)26-15-23(3,30-10-11-31-33(4,28)29)18-8-9-20(24)21(25)14-18/h5-9,12,14,16H,10-11,13,15H2,1-4H3,(H,26,27). The molecule has 7 nitrogen and oxygen atoms in total. The number of amides is 1. The van der Waals surface area contributed by atoms with Crippen molar-refractivity contribution in [1.82, 2.24) is 5.32 Å². The first-order valence-electron chi connectivity index (χ1n) is 10.3. The van der Waals surface area contributed by atoms with Crippen LogP contribution in [0.4, 0.5) is 0 Å². The van der Waals surface area contributed by atoms with Gasteiger partial charge in [0.25, 0.3) is 10.1 Å². The lowest BCUT2D eigenvalue weighted by Gasteiger charge is -2.31. The second kappa shape index (κ2) is 12.0. The molecule has 0 fully saturated rings. The van der Waals surface area contributed by atoms with E-state index in [9.17, 15) is 13.2 Å². The molecule has 1 N–H and O–H groups in total. The summed E-state index contributed by atoms with van der Waals surface area (Å²) in [5, 5.41) is 3.60. The summed E-state index contributed by atoms with van der Waals surface area (Å²) in [6.45, 7) is 5.57. The molecule has 2 rings (SSSR count). The highest BCUT2D eigenvalue weighted by atomic mass is 35.5. The Bertz CT molecular complexity index is 1060. The minimum absolute atomic E-state index is 0.0196. The second-order valence-corrected chi connectivity index (χ2v) is 10.5. The first-order valence-corrected chi connectivity index (χ1v) is 12.9. The fraction of sp³-hybridized carbons (Fsp3) is 0.435. The summed E-state index contributed by atoms with van der Waals surface area (Å²) in [6.07, 6.45) is 1.15. The van der Waals surface area contributed by atoms with Crippen LogP contribution in [-0.2, 0) is 35.9 Å². The van der Waals surface area contributed by atoms with Gasteiger partial charge in [-0.25, -0.2) is 0 Å². The van der Waals surface area contributed by atoms with Gasteiger partial charge in [-0.15, -0.1) is 0 Å². The van der Waals surface area contributed by atoms with Crippen LogP contribution in [-0.4, -0.2) is 46.4 Å². The highest BCUT2D eigenvalue weighted by molar-refractivity contribution is 7.85. The van der Waals surface area contributed by atoms with E-state index in [0.717, 1.165) is 11.8 Å². The van der Waals surface area contributed by atoms with Crippen molar-refractivity contribution < 1.29 is 26.9 Å². The molecule has 0 heterocycles. The van der Waals surface area contributed by atoms with Gasteiger partial charge in [-0.05, 0) is 56.2 Å². The Kier molecular flexibility index (Phi) is 10.00. The molecule has 10 heteroatoms. The van der Waals surface area contributed by atoms with E-state index in [1.54, 1.807) is 25.1 Å². The van der Waals surface area contributed by atoms with Crippen molar-refractivity contribution in [3.63, 3.8) is 0 Å². The maximum absolute atomic E-state index is 12.6. The van der Waals surface area contributed by atoms with Gasteiger partial charge in [-0.2, -0.15) is 8.42 Å². The summed E-state index contributed by atoms with van der Waals surface area (Å²) in [5.74, 6) is 0.490. The molecule has 1 amide bonds. The van der Waals surface area contributed by atoms with Crippen LogP contribution in [0.3, 0.4) is 0 Å². The molecule has 2 aromatic rings. The summed E-state index contributed by atoms with van der Waals surface area (Å²) in [7, 11) is -3.59. The highest BCUT2D eigenvalue weighted by Crippen LogP contribution is 2.31. The maximum Gasteiger partial charge on any atom is 0.264 e. The van der Waals surface area contributed by atoms with Gasteiger partial charge >= 0.3 is 0 Å². The van der Waals surface area contributed by atoms with E-state index < -0.39 is 15.7 Å². The summed E-state index contributed by atoms with van der Waals surface area (Å²) in [6, 6.07) is 12.4. The van der Waals surface area contributed by atoms with Crippen LogP contribution in [0.25, 0.3) is 0 Å². The number of carbonyl (C=O) groups excluding carboxylic acids is 1. The van der Waals surface area contributed by atoms with Crippen LogP contribution in [0.5, 0.6) is 5.75 Å². The van der Waals surface area contributed by atoms with E-state index in [-0.39, 0.29) is 38.2 Å². The number of nitrogens with one attached hydrogen (secondary N) is 1. The van der Waals surface area contributed by atoms with Crippen LogP contribution in [0.2, 0.25) is 10.0 Å². The number of ether oxygens (including phenoxy) is 2. The Balaban J connectivity index is 2.08. The molecular weight excluding hydrogens is 489 g/mol. The van der Waals surface area contributed by atoms with E-state index in [2.05, 4.69) is 5.32 Å². The number of hydrogen-bond donors (Lipinski definition) is 1. The summed E-state index contributed by atoms with van der Waals surface area (Å²) in [4.78, 5) is 12.6. The molecule has 182 valence electrons. The Morgan fingerprint density at radius 1 is 1.09 bits per heavy atom. The summed E-state index contributed by atoms with van der Waals surface area (Å²) in [5.41, 5.74) is 0.473. The average Bonchev–Trinajstić information content (AvgIpc) is 2.71. The average molecular weight is 518 g/mol. The first-order chi connectivity index (χ1) is 15.4. The molecule has 0 radical (unpaired) electrons. The fourth-order valence-corrected chi connectivity index (χ4v) is 3.70. The van der Waals surface area contributed by atoms with E-state index in [1.807, 2.05) is 38.1 Å². The Morgan fingerprint density at radius 3 is 2.45 bits per heavy atom. The van der Waals surface area contributed by atoms with Crippen molar-refractivity contribution in [2.24, 2.45) is 0 Å². The molecule has 0 aliphatic rings. The number of benzene rings is 2. The minimum Gasteiger partial charge on any atom is -0.491 e. The summed E-state index contributed by atoms with van der Waals surface area (Å²) >= 11 is 12.2. The number of halogens is 2. The van der Waals surface area contributed by atoms with Crippen molar-refractivity contribution in [3.8, 4) is 5.75 Å². The fourth-order valence-electron chi connectivity index (χ4n) is 3.03. The van der Waals surface area contributed by atoms with E-state index in [1.165, 1.54) is 0 Å². The van der Waals surface area contributed by atoms with Gasteiger partial charge in [0.15, 0.2) is 0 Å². The lowest BCUT2D eigenvalue weighted by atomic mass is 9.95. The van der Waals surface area contributed by atoms with Crippen molar-refractivity contribution >= 4 is 39.2 Å². The third kappa shape index (κ3) is 9.51. The van der Waals surface area contributed by atoms with Gasteiger partial charge in [0.1, 0.15) is 11.4 Å². The normalized spacial score (nSPS) is 13.5. The van der Waals surface area contributed by atoms with Gasteiger partial charge in [-0.3, -0.25) is 8.98 Å². The number of hydrogen-bond acceptors (Lipinski definition) is 6. The van der Waals surface area contributed by atoms with Crippen LogP contribution in [0.15, 0.2) is 42.5 Å². The largest absolute Gasteiger partial charge is 0.491 e. The lowest BCUT2D eigenvalue weighted by molar-refractivity contribution is -0.122. The van der Waals surface area contributed by atoms with E-state index >= 15 is 0 Å². The Hall–Kier alpha value is -1.84. The predicted molar refractivity (Wildman–Crippen MR) is 129 cm³/mol. The molecule has 0 saturated carbocycles. The van der Waals surface area contributed by atoms with Gasteiger partial charge in [0, 0.05) is 0 Å². The monoisotopic (exact) mass is 517 g/mol. The van der Waals surface area contributed by atoms with Crippen molar-refractivity contribution in [2.45, 2.75) is 38.9 Å². The molecule has 1 atom stereocenters. The molecule has 33 heavy (non-hydrogen) atoms. The first kappa shape index (κ1) is 27.4. The Labute approximate surface area is 205 Å². The van der Waals surface area contributed by atoms with Crippen molar-refractivity contribution in [1.29, 1.82) is 0 Å². The Morgan fingerprint density at radius 2 is 1.82 bits per heavy atom. The predicted octanol–water partition coefficient (Wildman–Crippen LogP) is 4.35. The van der Waals surface area contributed by atoms with Crippen LogP contribution in [0.1, 0.15) is 31.9 Å². The maximum atomic E-state index is 12.6. The lowest BCUT2D eigenvalue weighted by Crippen LogP contribution is -2.42. The molecule has 0 saturated heterocycles. The summed E-state index contributed by atoms with van der Waals surface area (Å²) < 4.78 is 38.8. The van der Waals surface area contributed by atoms with Crippen LogP contribution in [0, 0.1) is 0 Å². The van der Waals surface area contributed by atoms with Crippen molar-refractivity contribution in [3.05, 3.63) is 63.6 Å². The molecule has 2 aromatic carbocycles. The minimum atomic E-state index is -3.59. The molecule has 0 aliphatic heterocycles. The topological polar surface area (TPSA) is 90.9 Å². The quantitative estimate of drug-likeness (QED) is 0.332. The van der Waals surface area contributed by atoms with Crippen LogP contribution < -0.4 is 10.1 Å². The third-order valence-electron chi connectivity index (χ3n) is 4.59. The molecule has 1 unspecified atom stereocenters. The van der Waals surface area contributed by atoms with E-state index in [4.69, 9.17) is 36.9 Å². The zero-order valence-corrected chi connectivity index (χ0v) is 21.4. The van der Waals surface area contributed by atoms with Gasteiger partial charge in [0.05, 0.1) is 48.6 Å². The molecule has 0 spiro atoms. The SMILES string of the molecule is CC(C)Oc1cccc(CC(=O)NCC(C)(OCCOS(C)(=O)=O)c2ccc(Cl)c(Cl)c2)c1.